The number of carbonyl (C=O) groups is 2. The van der Waals surface area contributed by atoms with Gasteiger partial charge in [-0.25, -0.2) is 4.79 Å². The number of halogens is 2. The summed E-state index contributed by atoms with van der Waals surface area (Å²) in [4.78, 5) is 39.4. The van der Waals surface area contributed by atoms with Crippen LogP contribution in [0.4, 0.5) is 5.69 Å². The monoisotopic (exact) mass is 576 g/mol. The Hall–Kier alpha value is -2.65. The number of benzene rings is 2. The highest BCUT2D eigenvalue weighted by Gasteiger charge is 2.38. The fourth-order valence-corrected chi connectivity index (χ4v) is 5.27. The standard InChI is InChI=1S/C28H34Cl2N2O5Si/c1-17(18-10-8-12-21(29)24(18)30)25(33)31-22-13-9-11-20-19(22)14-15-32(26(20)34)23(27(35)36-5)16-37-38(6,7)28(2,3)4/h8-15,17,23H,16H2,1-7H3,(H,31,33)/t17?,23-/m1/s1. The molecule has 0 fully saturated rings. The number of nitrogens with zero attached hydrogens (tertiary/aromatic N) is 1. The number of methoxy groups -OCH3 is 1. The second kappa shape index (κ2) is 11.6. The number of pyridine rings is 1. The molecule has 2 atom stereocenters. The molecule has 204 valence electrons. The van der Waals surface area contributed by atoms with Crippen LogP contribution >= 0.6 is 23.2 Å². The van der Waals surface area contributed by atoms with E-state index in [4.69, 9.17) is 32.4 Å². The summed E-state index contributed by atoms with van der Waals surface area (Å²) in [5.41, 5.74) is 0.676. The van der Waals surface area contributed by atoms with Crippen molar-refractivity contribution in [3.05, 3.63) is 74.6 Å². The molecule has 0 aliphatic heterocycles. The molecular weight excluding hydrogens is 543 g/mol. The Morgan fingerprint density at radius 3 is 2.34 bits per heavy atom. The first kappa shape index (κ1) is 29.9. The van der Waals surface area contributed by atoms with E-state index in [0.29, 0.717) is 32.1 Å². The van der Waals surface area contributed by atoms with Gasteiger partial charge in [-0.05, 0) is 54.9 Å². The van der Waals surface area contributed by atoms with Crippen LogP contribution in [0.25, 0.3) is 10.8 Å². The Morgan fingerprint density at radius 1 is 1.05 bits per heavy atom. The smallest absolute Gasteiger partial charge is 0.331 e. The van der Waals surface area contributed by atoms with Gasteiger partial charge in [0, 0.05) is 22.7 Å². The van der Waals surface area contributed by atoms with Gasteiger partial charge in [0.1, 0.15) is 0 Å². The third-order valence-electron chi connectivity index (χ3n) is 7.29. The van der Waals surface area contributed by atoms with E-state index in [1.807, 2.05) is 0 Å². The number of amides is 1. The van der Waals surface area contributed by atoms with Crippen LogP contribution in [-0.2, 0) is 18.8 Å². The summed E-state index contributed by atoms with van der Waals surface area (Å²) >= 11 is 12.4. The second-order valence-electron chi connectivity index (χ2n) is 10.8. The van der Waals surface area contributed by atoms with E-state index in [9.17, 15) is 14.4 Å². The van der Waals surface area contributed by atoms with Crippen molar-refractivity contribution in [1.29, 1.82) is 0 Å². The van der Waals surface area contributed by atoms with Crippen molar-refractivity contribution in [1.82, 2.24) is 4.57 Å². The number of nitrogens with one attached hydrogen (secondary N) is 1. The highest BCUT2D eigenvalue weighted by molar-refractivity contribution is 6.74. The minimum absolute atomic E-state index is 0.0168. The summed E-state index contributed by atoms with van der Waals surface area (Å²) in [6, 6.07) is 10.9. The zero-order valence-corrected chi connectivity index (χ0v) is 25.2. The minimum atomic E-state index is -2.19. The zero-order valence-electron chi connectivity index (χ0n) is 22.7. The van der Waals surface area contributed by atoms with Crippen molar-refractivity contribution in [3.8, 4) is 0 Å². The molecule has 1 N–H and O–H groups in total. The number of ether oxygens (including phenoxy) is 1. The van der Waals surface area contributed by atoms with Gasteiger partial charge in [-0.1, -0.05) is 62.2 Å². The summed E-state index contributed by atoms with van der Waals surface area (Å²) < 4.78 is 12.6. The van der Waals surface area contributed by atoms with E-state index in [1.54, 1.807) is 49.4 Å². The summed E-state index contributed by atoms with van der Waals surface area (Å²) in [5.74, 6) is -1.46. The molecule has 0 aliphatic rings. The summed E-state index contributed by atoms with van der Waals surface area (Å²) in [6.45, 7) is 12.2. The Labute approximate surface area is 234 Å². The fourth-order valence-electron chi connectivity index (χ4n) is 3.79. The van der Waals surface area contributed by atoms with Gasteiger partial charge in [0.15, 0.2) is 14.4 Å². The van der Waals surface area contributed by atoms with Crippen molar-refractivity contribution >= 4 is 59.9 Å². The normalized spacial score (nSPS) is 13.7. The zero-order chi connectivity index (χ0) is 28.4. The molecule has 0 bridgehead atoms. The molecule has 0 spiro atoms. The Balaban J connectivity index is 1.95. The van der Waals surface area contributed by atoms with Gasteiger partial charge in [0.2, 0.25) is 5.91 Å². The molecule has 0 saturated carbocycles. The average molecular weight is 578 g/mol. The predicted molar refractivity (Wildman–Crippen MR) is 156 cm³/mol. The SMILES string of the molecule is COC(=O)[C@@H](CO[Si](C)(C)C(C)(C)C)n1ccc2c(NC(=O)C(C)c3cccc(Cl)c3Cl)cccc2c1=O. The Morgan fingerprint density at radius 2 is 1.71 bits per heavy atom. The van der Waals surface area contributed by atoms with Crippen molar-refractivity contribution in [2.24, 2.45) is 0 Å². The van der Waals surface area contributed by atoms with Gasteiger partial charge in [-0.15, -0.1) is 0 Å². The number of hydrogen-bond donors (Lipinski definition) is 1. The lowest BCUT2D eigenvalue weighted by Crippen LogP contribution is -2.44. The number of rotatable bonds is 8. The number of aromatic nitrogens is 1. The molecule has 1 unspecified atom stereocenters. The van der Waals surface area contributed by atoms with Crippen LogP contribution in [0.15, 0.2) is 53.5 Å². The van der Waals surface area contributed by atoms with E-state index in [-0.39, 0.29) is 17.6 Å². The quantitative estimate of drug-likeness (QED) is 0.236. The van der Waals surface area contributed by atoms with Crippen molar-refractivity contribution in [2.75, 3.05) is 19.0 Å². The highest BCUT2D eigenvalue weighted by Crippen LogP contribution is 2.37. The lowest BCUT2D eigenvalue weighted by molar-refractivity contribution is -0.145. The first-order valence-electron chi connectivity index (χ1n) is 12.3. The summed E-state index contributed by atoms with van der Waals surface area (Å²) in [5, 5.41) is 4.42. The van der Waals surface area contributed by atoms with Crippen LogP contribution in [-0.4, -0.2) is 38.5 Å². The van der Waals surface area contributed by atoms with Gasteiger partial charge in [0.05, 0.1) is 29.7 Å². The molecule has 1 heterocycles. The Kier molecular flexibility index (Phi) is 9.14. The van der Waals surface area contributed by atoms with E-state index in [2.05, 4.69) is 39.2 Å². The summed E-state index contributed by atoms with van der Waals surface area (Å²) in [7, 11) is -0.906. The highest BCUT2D eigenvalue weighted by atomic mass is 35.5. The van der Waals surface area contributed by atoms with E-state index in [0.717, 1.165) is 0 Å². The first-order chi connectivity index (χ1) is 17.7. The van der Waals surface area contributed by atoms with Crippen LogP contribution in [0.5, 0.6) is 0 Å². The molecule has 2 aromatic carbocycles. The van der Waals surface area contributed by atoms with Crippen molar-refractivity contribution < 1.29 is 18.8 Å². The fraction of sp³-hybridized carbons (Fsp3) is 0.393. The molecule has 0 aliphatic carbocycles. The van der Waals surface area contributed by atoms with E-state index in [1.165, 1.54) is 17.9 Å². The molecule has 10 heteroatoms. The molecule has 0 radical (unpaired) electrons. The van der Waals surface area contributed by atoms with Gasteiger partial charge < -0.3 is 14.5 Å². The van der Waals surface area contributed by atoms with Crippen LogP contribution in [0.1, 0.15) is 45.2 Å². The minimum Gasteiger partial charge on any atom is -0.467 e. The molecule has 0 saturated heterocycles. The number of anilines is 1. The largest absolute Gasteiger partial charge is 0.467 e. The predicted octanol–water partition coefficient (Wildman–Crippen LogP) is 6.79. The lowest BCUT2D eigenvalue weighted by Gasteiger charge is -2.37. The lowest BCUT2D eigenvalue weighted by atomic mass is 10.00. The number of carbonyl (C=O) groups excluding carboxylic acids is 2. The average Bonchev–Trinajstić information content (AvgIpc) is 2.85. The van der Waals surface area contributed by atoms with Gasteiger partial charge in [0.25, 0.3) is 5.56 Å². The summed E-state index contributed by atoms with van der Waals surface area (Å²) in [6.07, 6.45) is 1.54. The third kappa shape index (κ3) is 6.15. The van der Waals surface area contributed by atoms with Gasteiger partial charge >= 0.3 is 5.97 Å². The van der Waals surface area contributed by atoms with Crippen LogP contribution in [0.2, 0.25) is 28.2 Å². The van der Waals surface area contributed by atoms with Gasteiger partial charge in [-0.2, -0.15) is 0 Å². The third-order valence-corrected chi connectivity index (χ3v) is 12.6. The topological polar surface area (TPSA) is 86.6 Å². The maximum absolute atomic E-state index is 13.6. The maximum Gasteiger partial charge on any atom is 0.331 e. The van der Waals surface area contributed by atoms with Crippen molar-refractivity contribution in [3.63, 3.8) is 0 Å². The van der Waals surface area contributed by atoms with Crippen LogP contribution in [0, 0.1) is 0 Å². The number of esters is 1. The second-order valence-corrected chi connectivity index (χ2v) is 16.4. The molecular formula is C28H34Cl2N2O5Si. The van der Waals surface area contributed by atoms with Crippen LogP contribution in [0.3, 0.4) is 0 Å². The number of fused-ring (bicyclic) bond motifs is 1. The molecule has 1 aromatic heterocycles. The van der Waals surface area contributed by atoms with Crippen molar-refractivity contribution in [2.45, 2.75) is 57.8 Å². The van der Waals surface area contributed by atoms with E-state index < -0.39 is 31.8 Å². The molecule has 3 rings (SSSR count). The molecule has 1 amide bonds. The maximum atomic E-state index is 13.6. The number of hydrogen-bond acceptors (Lipinski definition) is 5. The molecule has 38 heavy (non-hydrogen) atoms. The van der Waals surface area contributed by atoms with Gasteiger partial charge in [-0.3, -0.25) is 14.2 Å². The Bertz CT molecular complexity index is 1410. The van der Waals surface area contributed by atoms with Crippen LogP contribution < -0.4 is 10.9 Å². The first-order valence-corrected chi connectivity index (χ1v) is 16.0. The van der Waals surface area contributed by atoms with E-state index >= 15 is 0 Å². The molecule has 3 aromatic rings. The molecule has 7 nitrogen and oxygen atoms in total.